The number of likely N-dealkylation sites (tertiary alicyclic amines) is 2. The highest BCUT2D eigenvalue weighted by molar-refractivity contribution is 7.10. The van der Waals surface area contributed by atoms with Crippen LogP contribution >= 0.6 is 11.3 Å². The third-order valence-corrected chi connectivity index (χ3v) is 7.82. The van der Waals surface area contributed by atoms with Crippen molar-refractivity contribution in [2.45, 2.75) is 57.5 Å². The Morgan fingerprint density at radius 2 is 2.03 bits per heavy atom. The van der Waals surface area contributed by atoms with Crippen molar-refractivity contribution in [2.24, 2.45) is 5.92 Å². The Labute approximate surface area is 184 Å². The smallest absolute Gasteiger partial charge is 0.227 e. The lowest BCUT2D eigenvalue weighted by Gasteiger charge is -2.49. The Morgan fingerprint density at radius 1 is 1.20 bits per heavy atom. The van der Waals surface area contributed by atoms with Gasteiger partial charge < -0.3 is 9.64 Å². The minimum absolute atomic E-state index is 0.306. The van der Waals surface area contributed by atoms with Gasteiger partial charge in [-0.05, 0) is 80.6 Å². The van der Waals surface area contributed by atoms with Crippen molar-refractivity contribution in [1.29, 1.82) is 0 Å². The van der Waals surface area contributed by atoms with E-state index in [0.717, 1.165) is 31.7 Å². The van der Waals surface area contributed by atoms with E-state index in [1.54, 1.807) is 18.4 Å². The molecule has 0 spiro atoms. The van der Waals surface area contributed by atoms with Crippen LogP contribution in [0.2, 0.25) is 0 Å². The molecule has 0 bridgehead atoms. The SMILES string of the molecule is COc1ccc(CC[C@H](C)N2CCC[C@@H]3CN(C(=O)Cc4cccs4)CC[C@@H]32)cc1. The van der Waals surface area contributed by atoms with Gasteiger partial charge in [0.1, 0.15) is 5.75 Å². The van der Waals surface area contributed by atoms with Crippen molar-refractivity contribution in [3.05, 3.63) is 52.2 Å². The number of hydrogen-bond acceptors (Lipinski definition) is 4. The summed E-state index contributed by atoms with van der Waals surface area (Å²) < 4.78 is 5.27. The molecular formula is C25H34N2O2S. The van der Waals surface area contributed by atoms with Crippen LogP contribution in [0.5, 0.6) is 5.75 Å². The molecule has 3 heterocycles. The number of hydrogen-bond donors (Lipinski definition) is 0. The summed E-state index contributed by atoms with van der Waals surface area (Å²) in [7, 11) is 1.71. The zero-order chi connectivity index (χ0) is 20.9. The number of carbonyl (C=O) groups is 1. The number of aryl methyl sites for hydroxylation is 1. The monoisotopic (exact) mass is 426 g/mol. The highest BCUT2D eigenvalue weighted by atomic mass is 32.1. The number of rotatable bonds is 7. The predicted octanol–water partition coefficient (Wildman–Crippen LogP) is 4.63. The maximum absolute atomic E-state index is 12.8. The third kappa shape index (κ3) is 5.06. The fourth-order valence-corrected chi connectivity index (χ4v) is 5.92. The summed E-state index contributed by atoms with van der Waals surface area (Å²) >= 11 is 1.69. The second-order valence-corrected chi connectivity index (χ2v) is 9.86. The molecule has 3 atom stereocenters. The maximum Gasteiger partial charge on any atom is 0.227 e. The molecule has 0 radical (unpaired) electrons. The Morgan fingerprint density at radius 3 is 2.77 bits per heavy atom. The number of nitrogens with zero attached hydrogens (tertiary/aromatic N) is 2. The number of thiophene rings is 1. The molecule has 0 saturated carbocycles. The fraction of sp³-hybridized carbons (Fsp3) is 0.560. The van der Waals surface area contributed by atoms with Gasteiger partial charge in [-0.2, -0.15) is 0 Å². The van der Waals surface area contributed by atoms with Crippen LogP contribution in [0.25, 0.3) is 0 Å². The molecule has 0 aliphatic carbocycles. The largest absolute Gasteiger partial charge is 0.497 e. The van der Waals surface area contributed by atoms with Crippen LogP contribution in [0.4, 0.5) is 0 Å². The van der Waals surface area contributed by atoms with E-state index in [9.17, 15) is 4.79 Å². The number of amides is 1. The number of methoxy groups -OCH3 is 1. The zero-order valence-electron chi connectivity index (χ0n) is 18.3. The summed E-state index contributed by atoms with van der Waals surface area (Å²) in [5, 5.41) is 2.06. The van der Waals surface area contributed by atoms with E-state index < -0.39 is 0 Å². The summed E-state index contributed by atoms with van der Waals surface area (Å²) in [6, 6.07) is 13.8. The second kappa shape index (κ2) is 9.97. The van der Waals surface area contributed by atoms with E-state index in [0.29, 0.717) is 30.3 Å². The van der Waals surface area contributed by atoms with Gasteiger partial charge in [-0.1, -0.05) is 18.2 Å². The summed E-state index contributed by atoms with van der Waals surface area (Å²) in [5.74, 6) is 1.86. The predicted molar refractivity (Wildman–Crippen MR) is 123 cm³/mol. The molecule has 2 aromatic rings. The third-order valence-electron chi connectivity index (χ3n) is 6.95. The van der Waals surface area contributed by atoms with Crippen molar-refractivity contribution < 1.29 is 9.53 Å². The molecule has 5 heteroatoms. The van der Waals surface area contributed by atoms with Gasteiger partial charge in [0.25, 0.3) is 0 Å². The molecule has 30 heavy (non-hydrogen) atoms. The highest BCUT2D eigenvalue weighted by Crippen LogP contribution is 2.33. The van der Waals surface area contributed by atoms with Crippen LogP contribution in [0, 0.1) is 5.92 Å². The molecule has 1 aromatic heterocycles. The Balaban J connectivity index is 1.30. The fourth-order valence-electron chi connectivity index (χ4n) is 5.22. The molecule has 4 rings (SSSR count). The number of carbonyl (C=O) groups excluding carboxylic acids is 1. The first-order valence-corrected chi connectivity index (χ1v) is 12.2. The van der Waals surface area contributed by atoms with Crippen LogP contribution in [-0.2, 0) is 17.6 Å². The summed E-state index contributed by atoms with van der Waals surface area (Å²) in [4.78, 5) is 18.8. The van der Waals surface area contributed by atoms with Crippen molar-refractivity contribution in [2.75, 3.05) is 26.7 Å². The summed E-state index contributed by atoms with van der Waals surface area (Å²) in [6.07, 6.45) is 6.47. The molecule has 2 saturated heterocycles. The van der Waals surface area contributed by atoms with Crippen LogP contribution in [0.3, 0.4) is 0 Å². The van der Waals surface area contributed by atoms with Gasteiger partial charge in [-0.3, -0.25) is 9.69 Å². The van der Waals surface area contributed by atoms with Gasteiger partial charge in [0, 0.05) is 30.1 Å². The molecule has 162 valence electrons. The van der Waals surface area contributed by atoms with Crippen LogP contribution in [-0.4, -0.2) is 54.5 Å². The molecule has 0 N–H and O–H groups in total. The number of benzene rings is 1. The standard InChI is InChI=1S/C25H34N2O2S/c1-19(7-8-20-9-11-22(29-2)12-10-20)27-14-3-5-21-18-26(15-13-24(21)27)25(28)17-23-6-4-16-30-23/h4,6,9-12,16,19,21,24H,3,5,7-8,13-15,17-18H2,1-2H3/t19-,21+,24-/m0/s1. The van der Waals surface area contributed by atoms with E-state index in [-0.39, 0.29) is 0 Å². The second-order valence-electron chi connectivity index (χ2n) is 8.83. The average Bonchev–Trinajstić information content (AvgIpc) is 3.30. The maximum atomic E-state index is 12.8. The van der Waals surface area contributed by atoms with E-state index >= 15 is 0 Å². The van der Waals surface area contributed by atoms with Gasteiger partial charge >= 0.3 is 0 Å². The minimum Gasteiger partial charge on any atom is -0.497 e. The lowest BCUT2D eigenvalue weighted by Crippen LogP contribution is -2.57. The first kappa shape index (κ1) is 21.4. The van der Waals surface area contributed by atoms with Crippen molar-refractivity contribution >= 4 is 17.2 Å². The van der Waals surface area contributed by atoms with Crippen LogP contribution in [0.15, 0.2) is 41.8 Å². The number of ether oxygens (including phenoxy) is 1. The van der Waals surface area contributed by atoms with Gasteiger partial charge in [0.2, 0.25) is 5.91 Å². The Hall–Kier alpha value is -1.85. The van der Waals surface area contributed by atoms with E-state index in [1.807, 2.05) is 6.07 Å². The van der Waals surface area contributed by atoms with Gasteiger partial charge in [-0.25, -0.2) is 0 Å². The quantitative estimate of drug-likeness (QED) is 0.647. The molecule has 2 fully saturated rings. The first-order valence-electron chi connectivity index (χ1n) is 11.3. The highest BCUT2D eigenvalue weighted by Gasteiger charge is 2.38. The molecule has 2 aliphatic heterocycles. The number of piperidine rings is 2. The molecule has 1 amide bonds. The summed E-state index contributed by atoms with van der Waals surface area (Å²) in [6.45, 7) is 5.44. The van der Waals surface area contributed by atoms with Crippen LogP contribution in [0.1, 0.15) is 43.0 Å². The normalized spacial score (nSPS) is 23.1. The summed E-state index contributed by atoms with van der Waals surface area (Å²) in [5.41, 5.74) is 1.38. The zero-order valence-corrected chi connectivity index (χ0v) is 19.1. The average molecular weight is 427 g/mol. The lowest BCUT2D eigenvalue weighted by atomic mass is 9.82. The molecule has 1 aromatic carbocycles. The van der Waals surface area contributed by atoms with Gasteiger partial charge in [-0.15, -0.1) is 11.3 Å². The Kier molecular flexibility index (Phi) is 7.11. The first-order chi connectivity index (χ1) is 14.6. The van der Waals surface area contributed by atoms with Crippen LogP contribution < -0.4 is 4.74 Å². The minimum atomic E-state index is 0.306. The molecule has 2 aliphatic rings. The van der Waals surface area contributed by atoms with Gasteiger partial charge in [0.05, 0.1) is 13.5 Å². The van der Waals surface area contributed by atoms with E-state index in [1.165, 1.54) is 36.2 Å². The van der Waals surface area contributed by atoms with Crippen molar-refractivity contribution in [1.82, 2.24) is 9.80 Å². The molecule has 4 nitrogen and oxygen atoms in total. The van der Waals surface area contributed by atoms with Crippen molar-refractivity contribution in [3.8, 4) is 5.75 Å². The van der Waals surface area contributed by atoms with E-state index in [4.69, 9.17) is 4.74 Å². The molecule has 0 unspecified atom stereocenters. The van der Waals surface area contributed by atoms with Crippen molar-refractivity contribution in [3.63, 3.8) is 0 Å². The van der Waals surface area contributed by atoms with Gasteiger partial charge in [0.15, 0.2) is 0 Å². The molecular weight excluding hydrogens is 392 g/mol. The lowest BCUT2D eigenvalue weighted by molar-refractivity contribution is -0.134. The Bertz CT molecular complexity index is 805. The van der Waals surface area contributed by atoms with E-state index in [2.05, 4.69) is 52.4 Å². The topological polar surface area (TPSA) is 32.8 Å². The number of fused-ring (bicyclic) bond motifs is 1.